The number of aliphatic hydroxyl groups is 2. The molecule has 112 valence electrons. The molecule has 0 aromatic carbocycles. The molecular weight excluding hydrogens is 232 g/mol. The van der Waals surface area contributed by atoms with E-state index in [1.54, 1.807) is 0 Å². The second-order valence-corrected chi connectivity index (χ2v) is 5.44. The van der Waals surface area contributed by atoms with Crippen molar-refractivity contribution in [1.82, 2.24) is 16.8 Å². The van der Waals surface area contributed by atoms with E-state index >= 15 is 0 Å². The quantitative estimate of drug-likeness (QED) is 0.316. The van der Waals surface area contributed by atoms with Crippen LogP contribution in [0.3, 0.4) is 0 Å². The van der Waals surface area contributed by atoms with Gasteiger partial charge in [-0.25, -0.2) is 0 Å². The van der Waals surface area contributed by atoms with Gasteiger partial charge < -0.3 is 27.4 Å². The van der Waals surface area contributed by atoms with Crippen LogP contribution in [-0.4, -0.2) is 48.2 Å². The molecule has 6 heteroatoms. The van der Waals surface area contributed by atoms with E-state index in [4.69, 9.17) is 5.73 Å². The van der Waals surface area contributed by atoms with Crippen LogP contribution in [0.25, 0.3) is 0 Å². The van der Waals surface area contributed by atoms with Crippen LogP contribution in [0.1, 0.15) is 27.7 Å². The van der Waals surface area contributed by atoms with Gasteiger partial charge in [0.05, 0.1) is 12.3 Å². The predicted octanol–water partition coefficient (Wildman–Crippen LogP) is -0.354. The van der Waals surface area contributed by atoms with Crippen LogP contribution < -0.4 is 22.5 Å². The van der Waals surface area contributed by atoms with Crippen LogP contribution in [-0.2, 0) is 0 Å². The lowest BCUT2D eigenvalue weighted by molar-refractivity contribution is -0.00243. The highest BCUT2D eigenvalue weighted by atomic mass is 16.3. The number of hydrogen-bond donors (Lipinski definition) is 6. The van der Waals surface area contributed by atoms with Crippen molar-refractivity contribution < 1.29 is 10.2 Å². The molecular formula is C12H32N4O2. The molecule has 9 N–H and O–H groups in total. The van der Waals surface area contributed by atoms with Gasteiger partial charge in [-0.1, -0.05) is 27.7 Å². The van der Waals surface area contributed by atoms with Gasteiger partial charge >= 0.3 is 0 Å². The van der Waals surface area contributed by atoms with E-state index in [2.05, 4.69) is 38.3 Å². The molecule has 0 spiro atoms. The molecule has 0 aromatic rings. The molecule has 0 saturated heterocycles. The summed E-state index contributed by atoms with van der Waals surface area (Å²) in [5.41, 5.74) is 5.75. The van der Waals surface area contributed by atoms with Crippen molar-refractivity contribution in [3.8, 4) is 0 Å². The average Bonchev–Trinajstić information content (AvgIpc) is 2.24. The summed E-state index contributed by atoms with van der Waals surface area (Å²) < 4.78 is 0. The first-order valence-corrected chi connectivity index (χ1v) is 6.40. The molecule has 3 atom stereocenters. The van der Waals surface area contributed by atoms with E-state index in [9.17, 15) is 10.2 Å². The molecule has 0 amide bonds. The summed E-state index contributed by atoms with van der Waals surface area (Å²) in [5.74, 6) is 0.983. The maximum Gasteiger partial charge on any atom is 0.109 e. The molecule has 0 fully saturated rings. The highest BCUT2D eigenvalue weighted by Gasteiger charge is 2.22. The highest BCUT2D eigenvalue weighted by Crippen LogP contribution is 1.97. The van der Waals surface area contributed by atoms with E-state index in [-0.39, 0.29) is 6.15 Å². The van der Waals surface area contributed by atoms with E-state index in [0.29, 0.717) is 18.4 Å². The third-order valence-corrected chi connectivity index (χ3v) is 2.43. The highest BCUT2D eigenvalue weighted by molar-refractivity contribution is 4.78. The molecule has 0 aromatic heterocycles. The monoisotopic (exact) mass is 264 g/mol. The van der Waals surface area contributed by atoms with Gasteiger partial charge in [0, 0.05) is 6.54 Å². The van der Waals surface area contributed by atoms with E-state index < -0.39 is 18.4 Å². The first-order chi connectivity index (χ1) is 7.84. The second kappa shape index (κ2) is 10.7. The topological polar surface area (TPSA) is 126 Å². The first-order valence-electron chi connectivity index (χ1n) is 6.40. The summed E-state index contributed by atoms with van der Waals surface area (Å²) in [6.07, 6.45) is -2.38. The molecule has 3 unspecified atom stereocenters. The zero-order chi connectivity index (χ0) is 13.4. The maximum absolute atomic E-state index is 9.79. The Morgan fingerprint density at radius 2 is 1.44 bits per heavy atom. The van der Waals surface area contributed by atoms with Crippen molar-refractivity contribution >= 4 is 0 Å². The van der Waals surface area contributed by atoms with Crippen molar-refractivity contribution in [2.24, 2.45) is 17.6 Å². The van der Waals surface area contributed by atoms with Crippen molar-refractivity contribution in [2.75, 3.05) is 19.6 Å². The maximum atomic E-state index is 9.79. The summed E-state index contributed by atoms with van der Waals surface area (Å²) in [6, 6.07) is 0. The lowest BCUT2D eigenvalue weighted by Gasteiger charge is -2.25. The molecule has 0 aliphatic carbocycles. The normalized spacial score (nSPS) is 16.5. The van der Waals surface area contributed by atoms with Crippen molar-refractivity contribution in [2.45, 2.75) is 46.1 Å². The SMILES string of the molecule is CC(C)CNCC(O)C(O)C(N)NCC(C)C.N. The lowest BCUT2D eigenvalue weighted by atomic mass is 10.1. The van der Waals surface area contributed by atoms with Gasteiger partial charge in [0.1, 0.15) is 6.10 Å². The molecule has 0 aliphatic heterocycles. The fourth-order valence-electron chi connectivity index (χ4n) is 1.37. The van der Waals surface area contributed by atoms with Crippen LogP contribution in [0.5, 0.6) is 0 Å². The Kier molecular flexibility index (Phi) is 11.9. The summed E-state index contributed by atoms with van der Waals surface area (Å²) in [4.78, 5) is 0. The van der Waals surface area contributed by atoms with Gasteiger partial charge in [0.2, 0.25) is 0 Å². The third-order valence-electron chi connectivity index (χ3n) is 2.43. The van der Waals surface area contributed by atoms with Crippen LogP contribution in [0, 0.1) is 11.8 Å². The van der Waals surface area contributed by atoms with Crippen LogP contribution in [0.4, 0.5) is 0 Å². The Labute approximate surface area is 111 Å². The molecule has 18 heavy (non-hydrogen) atoms. The van der Waals surface area contributed by atoms with Gasteiger partial charge in [0.15, 0.2) is 0 Å². The van der Waals surface area contributed by atoms with Crippen LogP contribution >= 0.6 is 0 Å². The van der Waals surface area contributed by atoms with Crippen LogP contribution in [0.15, 0.2) is 0 Å². The summed E-state index contributed by atoms with van der Waals surface area (Å²) in [7, 11) is 0. The van der Waals surface area contributed by atoms with Crippen molar-refractivity contribution in [3.63, 3.8) is 0 Å². The van der Waals surface area contributed by atoms with Crippen LogP contribution in [0.2, 0.25) is 0 Å². The Balaban J connectivity index is 0. The lowest BCUT2D eigenvalue weighted by Crippen LogP contribution is -2.55. The van der Waals surface area contributed by atoms with Crippen molar-refractivity contribution in [1.29, 1.82) is 0 Å². The largest absolute Gasteiger partial charge is 0.389 e. The fourth-order valence-corrected chi connectivity index (χ4v) is 1.37. The molecule has 6 nitrogen and oxygen atoms in total. The number of nitrogens with one attached hydrogen (secondary N) is 2. The second-order valence-electron chi connectivity index (χ2n) is 5.44. The molecule has 0 radical (unpaired) electrons. The average molecular weight is 264 g/mol. The number of rotatable bonds is 9. The minimum atomic E-state index is -0.951. The smallest absolute Gasteiger partial charge is 0.109 e. The summed E-state index contributed by atoms with van der Waals surface area (Å²) in [6.45, 7) is 10.2. The molecule has 0 bridgehead atoms. The predicted molar refractivity (Wildman–Crippen MR) is 75.6 cm³/mol. The van der Waals surface area contributed by atoms with Gasteiger partial charge in [-0.15, -0.1) is 0 Å². The molecule has 0 rings (SSSR count). The Hall–Kier alpha value is -0.240. The third kappa shape index (κ3) is 9.76. The van der Waals surface area contributed by atoms with E-state index in [1.165, 1.54) is 0 Å². The minimum Gasteiger partial charge on any atom is -0.389 e. The Morgan fingerprint density at radius 3 is 1.89 bits per heavy atom. The van der Waals surface area contributed by atoms with E-state index in [0.717, 1.165) is 13.1 Å². The standard InChI is InChI=1S/C12H29N3O2.H3N/c1-8(2)5-14-7-10(16)11(17)12(13)15-6-9(3)4;/h8-12,14-17H,5-7,13H2,1-4H3;1H3. The van der Waals surface area contributed by atoms with Gasteiger partial charge in [-0.05, 0) is 24.9 Å². The van der Waals surface area contributed by atoms with Gasteiger partial charge in [-0.3, -0.25) is 5.32 Å². The molecule has 0 aliphatic rings. The Bertz CT molecular complexity index is 191. The van der Waals surface area contributed by atoms with E-state index in [1.807, 2.05) is 0 Å². The number of nitrogens with two attached hydrogens (primary N) is 1. The molecule has 0 saturated carbocycles. The number of aliphatic hydroxyl groups excluding tert-OH is 2. The zero-order valence-corrected chi connectivity index (χ0v) is 12.2. The van der Waals surface area contributed by atoms with Gasteiger partial charge in [0.25, 0.3) is 0 Å². The summed E-state index contributed by atoms with van der Waals surface area (Å²) >= 11 is 0. The Morgan fingerprint density at radius 1 is 0.944 bits per heavy atom. The fraction of sp³-hybridized carbons (Fsp3) is 1.00. The first kappa shape index (κ1) is 20.1. The van der Waals surface area contributed by atoms with Crippen molar-refractivity contribution in [3.05, 3.63) is 0 Å². The molecule has 0 heterocycles. The zero-order valence-electron chi connectivity index (χ0n) is 12.2. The minimum absolute atomic E-state index is 0. The van der Waals surface area contributed by atoms with Gasteiger partial charge in [-0.2, -0.15) is 0 Å². The number of hydrogen-bond acceptors (Lipinski definition) is 6. The summed E-state index contributed by atoms with van der Waals surface area (Å²) in [5, 5.41) is 25.6.